The highest BCUT2D eigenvalue weighted by Gasteiger charge is 2.22. The summed E-state index contributed by atoms with van der Waals surface area (Å²) in [5.74, 6) is 0.552. The van der Waals surface area contributed by atoms with Gasteiger partial charge in [0.2, 0.25) is 0 Å². The van der Waals surface area contributed by atoms with Crippen LogP contribution in [-0.2, 0) is 0 Å². The molecule has 0 saturated carbocycles. The molecule has 1 saturated heterocycles. The fourth-order valence-corrected chi connectivity index (χ4v) is 2.43. The first-order chi connectivity index (χ1) is 8.22. The van der Waals surface area contributed by atoms with Gasteiger partial charge in [0.25, 0.3) is 0 Å². The molecule has 0 N–H and O–H groups in total. The zero-order chi connectivity index (χ0) is 12.3. The molecule has 1 aliphatic rings. The Morgan fingerprint density at radius 3 is 2.06 bits per heavy atom. The zero-order valence-corrected chi connectivity index (χ0v) is 10.7. The lowest BCUT2D eigenvalue weighted by Gasteiger charge is -2.21. The summed E-state index contributed by atoms with van der Waals surface area (Å²) in [5, 5.41) is 9.33. The van der Waals surface area contributed by atoms with Crippen LogP contribution in [0.2, 0.25) is 0 Å². The molecule has 0 spiro atoms. The van der Waals surface area contributed by atoms with Gasteiger partial charge in [-0.1, -0.05) is 38.1 Å². The Labute approximate surface area is 104 Å². The third-order valence-corrected chi connectivity index (χ3v) is 3.55. The third kappa shape index (κ3) is 2.68. The second-order valence-electron chi connectivity index (χ2n) is 5.10. The van der Waals surface area contributed by atoms with E-state index in [4.69, 9.17) is 0 Å². The van der Waals surface area contributed by atoms with Gasteiger partial charge in [0.1, 0.15) is 6.04 Å². The predicted octanol–water partition coefficient (Wildman–Crippen LogP) is 3.47. The first-order valence-corrected chi connectivity index (χ1v) is 6.46. The van der Waals surface area contributed by atoms with Crippen molar-refractivity contribution >= 4 is 0 Å². The molecule has 1 unspecified atom stereocenters. The minimum Gasteiger partial charge on any atom is -0.284 e. The third-order valence-electron chi connectivity index (χ3n) is 3.55. The lowest BCUT2D eigenvalue weighted by Crippen LogP contribution is -2.24. The quantitative estimate of drug-likeness (QED) is 0.792. The van der Waals surface area contributed by atoms with Gasteiger partial charge in [-0.25, -0.2) is 0 Å². The van der Waals surface area contributed by atoms with Crippen LogP contribution < -0.4 is 0 Å². The van der Waals surface area contributed by atoms with Crippen LogP contribution in [0.3, 0.4) is 0 Å². The van der Waals surface area contributed by atoms with Gasteiger partial charge in [0.15, 0.2) is 0 Å². The summed E-state index contributed by atoms with van der Waals surface area (Å²) in [7, 11) is 0. The maximum atomic E-state index is 9.33. The Morgan fingerprint density at radius 1 is 1.06 bits per heavy atom. The summed E-state index contributed by atoms with van der Waals surface area (Å²) >= 11 is 0. The van der Waals surface area contributed by atoms with Crippen molar-refractivity contribution in [3.63, 3.8) is 0 Å². The highest BCUT2D eigenvalue weighted by atomic mass is 15.2. The lowest BCUT2D eigenvalue weighted by atomic mass is 9.99. The van der Waals surface area contributed by atoms with Crippen LogP contribution in [0.5, 0.6) is 0 Å². The molecule has 0 radical (unpaired) electrons. The number of benzene rings is 1. The van der Waals surface area contributed by atoms with Gasteiger partial charge < -0.3 is 0 Å². The number of hydrogen-bond acceptors (Lipinski definition) is 2. The summed E-state index contributed by atoms with van der Waals surface area (Å²) in [5.41, 5.74) is 2.48. The molecule has 0 bridgehead atoms. The molecule has 90 valence electrons. The Hall–Kier alpha value is -1.33. The molecule has 1 aliphatic heterocycles. The van der Waals surface area contributed by atoms with Crippen molar-refractivity contribution in [2.24, 2.45) is 0 Å². The number of nitrogens with zero attached hydrogens (tertiary/aromatic N) is 2. The van der Waals surface area contributed by atoms with E-state index in [-0.39, 0.29) is 6.04 Å². The highest BCUT2D eigenvalue weighted by Crippen LogP contribution is 2.25. The smallest absolute Gasteiger partial charge is 0.123 e. The van der Waals surface area contributed by atoms with E-state index >= 15 is 0 Å². The molecular weight excluding hydrogens is 208 g/mol. The standard InChI is InChI=1S/C15H20N2/c1-12(2)13-5-7-14(8-6-13)15(11-16)17-9-3-4-10-17/h5-8,12,15H,3-4,9-10H2,1-2H3. The van der Waals surface area contributed by atoms with Crippen LogP contribution in [0.15, 0.2) is 24.3 Å². The summed E-state index contributed by atoms with van der Waals surface area (Å²) in [6.07, 6.45) is 2.45. The first-order valence-electron chi connectivity index (χ1n) is 6.46. The van der Waals surface area contributed by atoms with Crippen molar-refractivity contribution < 1.29 is 0 Å². The van der Waals surface area contributed by atoms with Crippen molar-refractivity contribution in [1.29, 1.82) is 5.26 Å². The second-order valence-corrected chi connectivity index (χ2v) is 5.10. The van der Waals surface area contributed by atoms with Crippen molar-refractivity contribution in [3.8, 4) is 6.07 Å². The number of hydrogen-bond donors (Lipinski definition) is 0. The van der Waals surface area contributed by atoms with E-state index in [1.54, 1.807) is 0 Å². The fourth-order valence-electron chi connectivity index (χ4n) is 2.43. The van der Waals surface area contributed by atoms with E-state index in [9.17, 15) is 5.26 Å². The largest absolute Gasteiger partial charge is 0.284 e. The molecule has 2 heteroatoms. The molecule has 0 aromatic heterocycles. The van der Waals surface area contributed by atoms with Crippen molar-refractivity contribution in [1.82, 2.24) is 4.90 Å². The summed E-state index contributed by atoms with van der Waals surface area (Å²) in [6.45, 7) is 6.50. The monoisotopic (exact) mass is 228 g/mol. The topological polar surface area (TPSA) is 27.0 Å². The molecule has 0 amide bonds. The maximum absolute atomic E-state index is 9.33. The van der Waals surface area contributed by atoms with Gasteiger partial charge in [0.05, 0.1) is 6.07 Å². The van der Waals surface area contributed by atoms with Gasteiger partial charge in [0, 0.05) is 0 Å². The Balaban J connectivity index is 2.17. The molecule has 1 aromatic carbocycles. The summed E-state index contributed by atoms with van der Waals surface area (Å²) in [6, 6.07) is 10.9. The van der Waals surface area contributed by atoms with E-state index in [0.717, 1.165) is 18.7 Å². The molecule has 17 heavy (non-hydrogen) atoms. The first kappa shape index (κ1) is 12.1. The molecule has 1 aromatic rings. The molecule has 1 atom stereocenters. The van der Waals surface area contributed by atoms with Crippen LogP contribution in [0.4, 0.5) is 0 Å². The lowest BCUT2D eigenvalue weighted by molar-refractivity contribution is 0.294. The maximum Gasteiger partial charge on any atom is 0.123 e. The normalized spacial score (nSPS) is 18.2. The molecule has 1 fully saturated rings. The SMILES string of the molecule is CC(C)c1ccc(C(C#N)N2CCCC2)cc1. The number of rotatable bonds is 3. The number of nitriles is 1. The molecule has 0 aliphatic carbocycles. The second kappa shape index (κ2) is 5.33. The highest BCUT2D eigenvalue weighted by molar-refractivity contribution is 5.29. The van der Waals surface area contributed by atoms with Crippen LogP contribution in [0, 0.1) is 11.3 Å². The van der Waals surface area contributed by atoms with E-state index < -0.39 is 0 Å². The minimum absolute atomic E-state index is 0.0567. The average Bonchev–Trinajstić information content (AvgIpc) is 2.84. The molecular formula is C15H20N2. The van der Waals surface area contributed by atoms with Crippen molar-refractivity contribution in [3.05, 3.63) is 35.4 Å². The molecule has 2 rings (SSSR count). The van der Waals surface area contributed by atoms with E-state index in [2.05, 4.69) is 49.1 Å². The van der Waals surface area contributed by atoms with Gasteiger partial charge >= 0.3 is 0 Å². The van der Waals surface area contributed by atoms with Crippen molar-refractivity contribution in [2.75, 3.05) is 13.1 Å². The van der Waals surface area contributed by atoms with Gasteiger partial charge in [-0.15, -0.1) is 0 Å². The average molecular weight is 228 g/mol. The zero-order valence-electron chi connectivity index (χ0n) is 10.7. The summed E-state index contributed by atoms with van der Waals surface area (Å²) < 4.78 is 0. The summed E-state index contributed by atoms with van der Waals surface area (Å²) in [4.78, 5) is 2.28. The van der Waals surface area contributed by atoms with Crippen LogP contribution in [0.1, 0.15) is 49.8 Å². The van der Waals surface area contributed by atoms with Gasteiger partial charge in [-0.3, -0.25) is 4.90 Å². The number of likely N-dealkylation sites (tertiary alicyclic amines) is 1. The Morgan fingerprint density at radius 2 is 1.59 bits per heavy atom. The predicted molar refractivity (Wildman–Crippen MR) is 69.7 cm³/mol. The van der Waals surface area contributed by atoms with Crippen molar-refractivity contribution in [2.45, 2.75) is 38.6 Å². The molecule has 1 heterocycles. The van der Waals surface area contributed by atoms with Crippen LogP contribution in [0.25, 0.3) is 0 Å². The van der Waals surface area contributed by atoms with Gasteiger partial charge in [-0.05, 0) is 43.0 Å². The van der Waals surface area contributed by atoms with Crippen LogP contribution in [-0.4, -0.2) is 18.0 Å². The van der Waals surface area contributed by atoms with Gasteiger partial charge in [-0.2, -0.15) is 5.26 Å². The van der Waals surface area contributed by atoms with E-state index in [0.29, 0.717) is 5.92 Å². The van der Waals surface area contributed by atoms with Crippen LogP contribution >= 0.6 is 0 Å². The fraction of sp³-hybridized carbons (Fsp3) is 0.533. The molecule has 2 nitrogen and oxygen atoms in total. The van der Waals surface area contributed by atoms with E-state index in [1.165, 1.54) is 18.4 Å². The Kier molecular flexibility index (Phi) is 3.81. The Bertz CT molecular complexity index is 394. The van der Waals surface area contributed by atoms with E-state index in [1.807, 2.05) is 0 Å². The minimum atomic E-state index is -0.0567.